The zero-order chi connectivity index (χ0) is 19.9. The second-order valence-corrected chi connectivity index (χ2v) is 8.12. The highest BCUT2D eigenvalue weighted by Gasteiger charge is 2.58. The van der Waals surface area contributed by atoms with Crippen LogP contribution in [0.25, 0.3) is 0 Å². The molecule has 2 heterocycles. The third-order valence-corrected chi connectivity index (χ3v) is 6.25. The molecule has 2 aromatic rings. The number of rotatable bonds is 4. The minimum Gasteiger partial charge on any atom is -0.394 e. The van der Waals surface area contributed by atoms with E-state index >= 15 is 0 Å². The minimum absolute atomic E-state index is 0.218. The summed E-state index contributed by atoms with van der Waals surface area (Å²) in [6.07, 6.45) is -2.66. The molecule has 0 radical (unpaired) electrons. The molecule has 0 aliphatic carbocycles. The van der Waals surface area contributed by atoms with Crippen LogP contribution in [0.4, 0.5) is 0 Å². The lowest BCUT2D eigenvalue weighted by Crippen LogP contribution is -2.63. The monoisotopic (exact) mass is 404 g/mol. The molecule has 1 spiro atoms. The van der Waals surface area contributed by atoms with Gasteiger partial charge in [0.2, 0.25) is 5.79 Å². The van der Waals surface area contributed by atoms with E-state index in [1.54, 1.807) is 11.8 Å². The number of thioether (sulfide) groups is 1. The molecule has 0 saturated carbocycles. The van der Waals surface area contributed by atoms with E-state index in [1.807, 2.05) is 24.5 Å². The predicted octanol–water partition coefficient (Wildman–Crippen LogP) is 1.16. The molecule has 2 aromatic carbocycles. The molecule has 1 fully saturated rings. The molecule has 28 heavy (non-hydrogen) atoms. The Morgan fingerprint density at radius 1 is 1.04 bits per heavy atom. The maximum Gasteiger partial charge on any atom is 0.225 e. The van der Waals surface area contributed by atoms with Crippen LogP contribution in [-0.4, -0.2) is 57.7 Å². The largest absolute Gasteiger partial charge is 0.394 e. The van der Waals surface area contributed by atoms with E-state index in [0.717, 1.165) is 16.7 Å². The van der Waals surface area contributed by atoms with E-state index in [0.29, 0.717) is 12.0 Å². The van der Waals surface area contributed by atoms with Gasteiger partial charge in [-0.3, -0.25) is 0 Å². The molecule has 150 valence electrons. The van der Waals surface area contributed by atoms with Crippen LogP contribution in [0.1, 0.15) is 22.3 Å². The molecule has 6 nitrogen and oxygen atoms in total. The number of hydrogen-bond donors (Lipinski definition) is 4. The first-order chi connectivity index (χ1) is 13.5. The highest BCUT2D eigenvalue weighted by atomic mass is 32.2. The summed E-state index contributed by atoms with van der Waals surface area (Å²) in [6, 6.07) is 14.2. The smallest absolute Gasteiger partial charge is 0.225 e. The summed E-state index contributed by atoms with van der Waals surface area (Å²) in [5.41, 5.74) is 3.64. The molecule has 1 unspecified atom stereocenters. The first-order valence-electron chi connectivity index (χ1n) is 9.20. The van der Waals surface area contributed by atoms with Crippen molar-refractivity contribution < 1.29 is 29.9 Å². The zero-order valence-electron chi connectivity index (χ0n) is 15.5. The fraction of sp³-hybridized carbons (Fsp3) is 0.429. The van der Waals surface area contributed by atoms with Gasteiger partial charge in [-0.1, -0.05) is 24.3 Å². The number of ether oxygens (including phenoxy) is 2. The number of aliphatic hydroxyl groups excluding tert-OH is 4. The summed E-state index contributed by atoms with van der Waals surface area (Å²) in [4.78, 5) is 1.20. The molecule has 1 saturated heterocycles. The summed E-state index contributed by atoms with van der Waals surface area (Å²) in [5, 5.41) is 40.5. The Bertz CT molecular complexity index is 839. The van der Waals surface area contributed by atoms with Crippen molar-refractivity contribution >= 4 is 11.8 Å². The molecule has 7 heteroatoms. The molecule has 0 bridgehead atoms. The Kier molecular flexibility index (Phi) is 5.50. The minimum atomic E-state index is -1.60. The maximum atomic E-state index is 10.7. The van der Waals surface area contributed by atoms with Gasteiger partial charge in [0.25, 0.3) is 0 Å². The van der Waals surface area contributed by atoms with Gasteiger partial charge in [-0.05, 0) is 47.6 Å². The Labute approximate surface area is 167 Å². The van der Waals surface area contributed by atoms with Gasteiger partial charge in [-0.25, -0.2) is 0 Å². The van der Waals surface area contributed by atoms with Crippen molar-refractivity contribution in [3.05, 3.63) is 64.7 Å². The lowest BCUT2D eigenvalue weighted by molar-refractivity contribution is -0.368. The van der Waals surface area contributed by atoms with Gasteiger partial charge in [0.15, 0.2) is 0 Å². The van der Waals surface area contributed by atoms with E-state index in [1.165, 1.54) is 4.90 Å². The van der Waals surface area contributed by atoms with Crippen molar-refractivity contribution in [2.45, 2.75) is 48.1 Å². The molecule has 4 N–H and O–H groups in total. The Balaban J connectivity index is 1.66. The topological polar surface area (TPSA) is 99.4 Å². The molecular formula is C21H24O6S. The van der Waals surface area contributed by atoms with Gasteiger partial charge >= 0.3 is 0 Å². The van der Waals surface area contributed by atoms with Crippen molar-refractivity contribution in [2.24, 2.45) is 0 Å². The highest BCUT2D eigenvalue weighted by Crippen LogP contribution is 2.46. The van der Waals surface area contributed by atoms with Crippen molar-refractivity contribution in [1.29, 1.82) is 0 Å². The second kappa shape index (κ2) is 7.76. The summed E-state index contributed by atoms with van der Waals surface area (Å²) < 4.78 is 11.6. The van der Waals surface area contributed by atoms with E-state index in [9.17, 15) is 20.4 Å². The fourth-order valence-corrected chi connectivity index (χ4v) is 4.32. The van der Waals surface area contributed by atoms with Gasteiger partial charge in [0, 0.05) is 10.5 Å². The Morgan fingerprint density at radius 2 is 1.75 bits per heavy atom. The quantitative estimate of drug-likeness (QED) is 0.568. The highest BCUT2D eigenvalue weighted by molar-refractivity contribution is 7.98. The normalized spacial score (nSPS) is 31.9. The van der Waals surface area contributed by atoms with E-state index in [4.69, 9.17) is 9.47 Å². The average Bonchev–Trinajstić information content (AvgIpc) is 3.08. The van der Waals surface area contributed by atoms with E-state index < -0.39 is 36.8 Å². The predicted molar refractivity (Wildman–Crippen MR) is 104 cm³/mol. The van der Waals surface area contributed by atoms with Crippen LogP contribution in [0.15, 0.2) is 47.4 Å². The third-order valence-electron chi connectivity index (χ3n) is 5.51. The molecule has 2 aliphatic heterocycles. The van der Waals surface area contributed by atoms with Gasteiger partial charge in [0.1, 0.15) is 24.4 Å². The molecule has 5 atom stereocenters. The van der Waals surface area contributed by atoms with Crippen molar-refractivity contribution in [2.75, 3.05) is 12.9 Å². The molecule has 4 rings (SSSR count). The average molecular weight is 404 g/mol. The molecular weight excluding hydrogens is 380 g/mol. The second-order valence-electron chi connectivity index (χ2n) is 7.24. The molecule has 0 amide bonds. The summed E-state index contributed by atoms with van der Waals surface area (Å²) in [7, 11) is 0. The molecule has 0 aromatic heterocycles. The summed E-state index contributed by atoms with van der Waals surface area (Å²) in [5.74, 6) is -1.60. The lowest BCUT2D eigenvalue weighted by Gasteiger charge is -2.46. The van der Waals surface area contributed by atoms with Crippen LogP contribution in [0.2, 0.25) is 0 Å². The molecule has 2 aliphatic rings. The van der Waals surface area contributed by atoms with Gasteiger partial charge < -0.3 is 29.9 Å². The van der Waals surface area contributed by atoms with Crippen molar-refractivity contribution in [3.8, 4) is 0 Å². The summed E-state index contributed by atoms with van der Waals surface area (Å²) in [6.45, 7) is -0.275. The van der Waals surface area contributed by atoms with Crippen LogP contribution in [0, 0.1) is 0 Å². The Morgan fingerprint density at radius 3 is 2.43 bits per heavy atom. The van der Waals surface area contributed by atoms with Crippen LogP contribution in [-0.2, 0) is 28.3 Å². The van der Waals surface area contributed by atoms with Crippen LogP contribution < -0.4 is 0 Å². The lowest BCUT2D eigenvalue weighted by atomic mass is 9.86. The SMILES string of the molecule is CSc1ccc(Cc2ccc3c(c2)C2(OC3)O[C@H](CO)[C@@H](O)[C@H](O)[C@H]2O)cc1. The fourth-order valence-electron chi connectivity index (χ4n) is 3.91. The van der Waals surface area contributed by atoms with Crippen LogP contribution in [0.5, 0.6) is 0 Å². The number of fused-ring (bicyclic) bond motifs is 2. The van der Waals surface area contributed by atoms with Gasteiger partial charge in [-0.15, -0.1) is 11.8 Å². The first-order valence-corrected chi connectivity index (χ1v) is 10.4. The van der Waals surface area contributed by atoms with Crippen LogP contribution in [0.3, 0.4) is 0 Å². The number of hydrogen-bond acceptors (Lipinski definition) is 7. The zero-order valence-corrected chi connectivity index (χ0v) is 16.3. The maximum absolute atomic E-state index is 10.7. The summed E-state index contributed by atoms with van der Waals surface area (Å²) >= 11 is 1.69. The number of benzene rings is 2. The van der Waals surface area contributed by atoms with Gasteiger partial charge in [0.05, 0.1) is 13.2 Å². The standard InChI is InChI=1S/C21H24O6S/c1-28-15-6-3-12(4-7-15)8-13-2-5-14-11-26-21(16(14)9-13)20(25)19(24)18(23)17(10-22)27-21/h2-7,9,17-20,22-25H,8,10-11H2,1H3/t17-,18-,19+,20-,21?/m1/s1. The van der Waals surface area contributed by atoms with Crippen molar-refractivity contribution in [1.82, 2.24) is 0 Å². The van der Waals surface area contributed by atoms with E-state index in [2.05, 4.69) is 24.3 Å². The van der Waals surface area contributed by atoms with Crippen molar-refractivity contribution in [3.63, 3.8) is 0 Å². The Hall–Kier alpha value is -1.45. The van der Waals surface area contributed by atoms with Gasteiger partial charge in [-0.2, -0.15) is 0 Å². The number of aliphatic hydroxyl groups is 4. The third kappa shape index (κ3) is 3.27. The first kappa shape index (κ1) is 19.8. The van der Waals surface area contributed by atoms with Crippen LogP contribution >= 0.6 is 11.8 Å². The van der Waals surface area contributed by atoms with E-state index in [-0.39, 0.29) is 6.61 Å².